The summed E-state index contributed by atoms with van der Waals surface area (Å²) in [6.45, 7) is 2.21. The van der Waals surface area contributed by atoms with Gasteiger partial charge in [0.2, 0.25) is 5.91 Å². The lowest BCUT2D eigenvalue weighted by molar-refractivity contribution is -0.120. The van der Waals surface area contributed by atoms with E-state index >= 15 is 0 Å². The third kappa shape index (κ3) is 2.39. The Kier molecular flexibility index (Phi) is 3.19. The smallest absolute Gasteiger partial charge is 0.221 e. The van der Waals surface area contributed by atoms with Crippen LogP contribution in [-0.4, -0.2) is 31.8 Å². The van der Waals surface area contributed by atoms with Gasteiger partial charge in [-0.25, -0.2) is 0 Å². The van der Waals surface area contributed by atoms with Crippen LogP contribution in [0.2, 0.25) is 0 Å². The van der Waals surface area contributed by atoms with Crippen molar-refractivity contribution < 1.29 is 9.59 Å². The van der Waals surface area contributed by atoms with Crippen LogP contribution >= 0.6 is 0 Å². The molecule has 0 aromatic heterocycles. The summed E-state index contributed by atoms with van der Waals surface area (Å²) >= 11 is 0. The fraction of sp³-hybridized carbons (Fsp3) is 0.333. The second-order valence-corrected chi connectivity index (χ2v) is 3.80. The fourth-order valence-corrected chi connectivity index (χ4v) is 1.79. The predicted molar refractivity (Wildman–Crippen MR) is 61.7 cm³/mol. The molecule has 0 radical (unpaired) electrons. The molecule has 0 spiro atoms. The van der Waals surface area contributed by atoms with Crippen LogP contribution in [0.4, 0.5) is 5.69 Å². The molecule has 16 heavy (non-hydrogen) atoms. The van der Waals surface area contributed by atoms with E-state index in [1.54, 1.807) is 12.1 Å². The number of nitrogens with zero attached hydrogens (tertiary/aromatic N) is 1. The molecule has 4 heteroatoms. The number of nitrogens with one attached hydrogen (secondary N) is 1. The van der Waals surface area contributed by atoms with Gasteiger partial charge in [-0.05, 0) is 24.3 Å². The Labute approximate surface area is 94.2 Å². The maximum absolute atomic E-state index is 11.2. The number of benzene rings is 1. The van der Waals surface area contributed by atoms with Gasteiger partial charge in [0, 0.05) is 37.3 Å². The minimum absolute atomic E-state index is 0.104. The largest absolute Gasteiger partial charge is 0.369 e. The third-order valence-electron chi connectivity index (χ3n) is 2.71. The standard InChI is InChI=1S/C12H14N2O2/c15-9-10-1-3-11(4-2-10)14-7-5-12(16)13-6-8-14/h1-4,9H,5-8H2,(H,13,16). The van der Waals surface area contributed by atoms with Crippen molar-refractivity contribution in [2.45, 2.75) is 6.42 Å². The van der Waals surface area contributed by atoms with Crippen LogP contribution in [0.15, 0.2) is 24.3 Å². The number of hydrogen-bond donors (Lipinski definition) is 1. The monoisotopic (exact) mass is 218 g/mol. The summed E-state index contributed by atoms with van der Waals surface area (Å²) in [4.78, 5) is 23.8. The molecule has 1 fully saturated rings. The minimum Gasteiger partial charge on any atom is -0.369 e. The summed E-state index contributed by atoms with van der Waals surface area (Å²) < 4.78 is 0. The first-order chi connectivity index (χ1) is 7.79. The second-order valence-electron chi connectivity index (χ2n) is 3.80. The summed E-state index contributed by atoms with van der Waals surface area (Å²) in [7, 11) is 0. The van der Waals surface area contributed by atoms with Crippen molar-refractivity contribution in [3.63, 3.8) is 0 Å². The average Bonchev–Trinajstić information content (AvgIpc) is 2.54. The van der Waals surface area contributed by atoms with Crippen LogP contribution in [-0.2, 0) is 4.79 Å². The molecule has 1 aromatic carbocycles. The average molecular weight is 218 g/mol. The molecule has 1 amide bonds. The fourth-order valence-electron chi connectivity index (χ4n) is 1.79. The lowest BCUT2D eigenvalue weighted by atomic mass is 10.2. The molecule has 0 atom stereocenters. The molecular weight excluding hydrogens is 204 g/mol. The summed E-state index contributed by atoms with van der Waals surface area (Å²) in [6.07, 6.45) is 1.35. The molecule has 0 unspecified atom stereocenters. The molecule has 84 valence electrons. The second kappa shape index (κ2) is 4.79. The molecule has 0 aliphatic carbocycles. The molecule has 1 aliphatic heterocycles. The Balaban J connectivity index is 2.10. The zero-order valence-corrected chi connectivity index (χ0v) is 8.98. The minimum atomic E-state index is 0.104. The van der Waals surface area contributed by atoms with Crippen LogP contribution in [0, 0.1) is 0 Å². The molecule has 4 nitrogen and oxygen atoms in total. The van der Waals surface area contributed by atoms with Crippen LogP contribution in [0.1, 0.15) is 16.8 Å². The van der Waals surface area contributed by atoms with Crippen LogP contribution in [0.3, 0.4) is 0 Å². The molecule has 1 heterocycles. The summed E-state index contributed by atoms with van der Waals surface area (Å²) in [6, 6.07) is 7.42. The summed E-state index contributed by atoms with van der Waals surface area (Å²) in [5.41, 5.74) is 1.73. The van der Waals surface area contributed by atoms with Crippen molar-refractivity contribution >= 4 is 17.9 Å². The first-order valence-electron chi connectivity index (χ1n) is 5.36. The lowest BCUT2D eigenvalue weighted by Crippen LogP contribution is -2.28. The molecule has 1 saturated heterocycles. The van der Waals surface area contributed by atoms with Crippen molar-refractivity contribution in [3.8, 4) is 0 Å². The highest BCUT2D eigenvalue weighted by atomic mass is 16.1. The third-order valence-corrected chi connectivity index (χ3v) is 2.71. The number of anilines is 1. The predicted octanol–water partition coefficient (Wildman–Crippen LogP) is 0.825. The molecular formula is C12H14N2O2. The molecule has 1 aliphatic rings. The van der Waals surface area contributed by atoms with Crippen LogP contribution in [0.25, 0.3) is 0 Å². The zero-order chi connectivity index (χ0) is 11.4. The number of aldehydes is 1. The Morgan fingerprint density at radius 2 is 1.94 bits per heavy atom. The topological polar surface area (TPSA) is 49.4 Å². The van der Waals surface area contributed by atoms with Crippen molar-refractivity contribution in [3.05, 3.63) is 29.8 Å². The number of amides is 1. The number of hydrogen-bond acceptors (Lipinski definition) is 3. The SMILES string of the molecule is O=Cc1ccc(N2CCNC(=O)CC2)cc1. The molecule has 0 bridgehead atoms. The maximum Gasteiger partial charge on any atom is 0.221 e. The van der Waals surface area contributed by atoms with Gasteiger partial charge in [0.1, 0.15) is 6.29 Å². The van der Waals surface area contributed by atoms with Gasteiger partial charge in [-0.15, -0.1) is 0 Å². The van der Waals surface area contributed by atoms with E-state index in [4.69, 9.17) is 0 Å². The zero-order valence-electron chi connectivity index (χ0n) is 8.98. The highest BCUT2D eigenvalue weighted by Crippen LogP contribution is 2.15. The molecule has 1 N–H and O–H groups in total. The molecule has 1 aromatic rings. The molecule has 0 saturated carbocycles. The van der Waals surface area contributed by atoms with E-state index in [0.29, 0.717) is 18.5 Å². The number of carbonyl (C=O) groups excluding carboxylic acids is 2. The van der Waals surface area contributed by atoms with E-state index in [-0.39, 0.29) is 5.91 Å². The number of rotatable bonds is 2. The number of carbonyl (C=O) groups is 2. The van der Waals surface area contributed by atoms with Crippen molar-refractivity contribution in [2.75, 3.05) is 24.5 Å². The maximum atomic E-state index is 11.2. The highest BCUT2D eigenvalue weighted by molar-refractivity contribution is 5.78. The van der Waals surface area contributed by atoms with Gasteiger partial charge < -0.3 is 10.2 Å². The Morgan fingerprint density at radius 1 is 1.19 bits per heavy atom. The van der Waals surface area contributed by atoms with Gasteiger partial charge in [0.25, 0.3) is 0 Å². The Bertz CT molecular complexity index is 387. The Hall–Kier alpha value is -1.84. The van der Waals surface area contributed by atoms with Gasteiger partial charge in [0.05, 0.1) is 0 Å². The van der Waals surface area contributed by atoms with E-state index in [9.17, 15) is 9.59 Å². The van der Waals surface area contributed by atoms with Gasteiger partial charge in [-0.3, -0.25) is 9.59 Å². The van der Waals surface area contributed by atoms with E-state index in [1.807, 2.05) is 12.1 Å². The summed E-state index contributed by atoms with van der Waals surface area (Å²) in [5.74, 6) is 0.104. The molecule has 2 rings (SSSR count). The van der Waals surface area contributed by atoms with Crippen LogP contribution < -0.4 is 10.2 Å². The highest BCUT2D eigenvalue weighted by Gasteiger charge is 2.13. The summed E-state index contributed by atoms with van der Waals surface area (Å²) in [5, 5.41) is 2.83. The van der Waals surface area contributed by atoms with Crippen molar-refractivity contribution in [1.29, 1.82) is 0 Å². The first-order valence-corrected chi connectivity index (χ1v) is 5.36. The first kappa shape index (κ1) is 10.7. The van der Waals surface area contributed by atoms with Crippen LogP contribution in [0.5, 0.6) is 0 Å². The quantitative estimate of drug-likeness (QED) is 0.748. The van der Waals surface area contributed by atoms with Gasteiger partial charge in [-0.2, -0.15) is 0 Å². The van der Waals surface area contributed by atoms with Crippen molar-refractivity contribution in [2.24, 2.45) is 0 Å². The van der Waals surface area contributed by atoms with Crippen molar-refractivity contribution in [1.82, 2.24) is 5.32 Å². The van der Waals surface area contributed by atoms with E-state index in [2.05, 4.69) is 10.2 Å². The van der Waals surface area contributed by atoms with E-state index < -0.39 is 0 Å². The van der Waals surface area contributed by atoms with Gasteiger partial charge in [0.15, 0.2) is 0 Å². The Morgan fingerprint density at radius 3 is 2.62 bits per heavy atom. The lowest BCUT2D eigenvalue weighted by Gasteiger charge is -2.21. The van der Waals surface area contributed by atoms with Gasteiger partial charge in [-0.1, -0.05) is 0 Å². The van der Waals surface area contributed by atoms with E-state index in [1.165, 1.54) is 0 Å². The normalized spacial score (nSPS) is 16.5. The van der Waals surface area contributed by atoms with Gasteiger partial charge >= 0.3 is 0 Å². The van der Waals surface area contributed by atoms with E-state index in [0.717, 1.165) is 25.1 Å².